The zero-order valence-electron chi connectivity index (χ0n) is 17.6. The van der Waals surface area contributed by atoms with E-state index in [-0.39, 0.29) is 19.4 Å². The van der Waals surface area contributed by atoms with Crippen molar-refractivity contribution < 1.29 is 39.3 Å². The molecule has 0 saturated heterocycles. The van der Waals surface area contributed by atoms with Crippen molar-refractivity contribution in [2.45, 2.75) is 51.1 Å². The van der Waals surface area contributed by atoms with Crippen LogP contribution in [0.25, 0.3) is 0 Å². The molecule has 0 fully saturated rings. The van der Waals surface area contributed by atoms with Gasteiger partial charge in [0.05, 0.1) is 0 Å². The third-order valence-corrected chi connectivity index (χ3v) is 4.37. The Morgan fingerprint density at radius 3 is 1.91 bits per heavy atom. The molecule has 176 valence electrons. The van der Waals surface area contributed by atoms with E-state index < -0.39 is 48.5 Å². The molecule has 0 aromatic heterocycles. The molecule has 2 atom stereocenters. The molecule has 0 aliphatic rings. The Bertz CT molecular complexity index is 812. The summed E-state index contributed by atoms with van der Waals surface area (Å²) in [6, 6.07) is 3.08. The predicted octanol–water partition coefficient (Wildman–Crippen LogP) is 1.36. The van der Waals surface area contributed by atoms with Gasteiger partial charge in [0.25, 0.3) is 0 Å². The minimum atomic E-state index is -1.46. The lowest BCUT2D eigenvalue weighted by Crippen LogP contribution is -2.51. The molecule has 12 heteroatoms. The number of carboxylic acids is 3. The molecule has 4 amide bonds. The molecule has 0 aliphatic heterocycles. The minimum Gasteiger partial charge on any atom is -0.481 e. The fraction of sp³-hybridized carbons (Fsp3) is 0.450. The molecule has 0 heterocycles. The number of carbonyl (C=O) groups is 5. The second kappa shape index (κ2) is 13.5. The van der Waals surface area contributed by atoms with Crippen LogP contribution in [0.5, 0.6) is 0 Å². The maximum absolute atomic E-state index is 11.9. The molecule has 0 aliphatic carbocycles. The Hall–Kier alpha value is -3.83. The van der Waals surface area contributed by atoms with Gasteiger partial charge >= 0.3 is 30.0 Å². The molecule has 0 spiro atoms. The number of nitrogens with one attached hydrogen (secondary N) is 4. The molecule has 0 unspecified atom stereocenters. The van der Waals surface area contributed by atoms with Gasteiger partial charge < -0.3 is 36.6 Å². The summed E-state index contributed by atoms with van der Waals surface area (Å²) >= 11 is 0. The highest BCUT2D eigenvalue weighted by Crippen LogP contribution is 2.08. The lowest BCUT2D eigenvalue weighted by molar-refractivity contribution is -0.140. The summed E-state index contributed by atoms with van der Waals surface area (Å²) in [6.07, 6.45) is 0.0569. The van der Waals surface area contributed by atoms with Crippen molar-refractivity contribution in [3.05, 3.63) is 29.8 Å². The number of urea groups is 2. The van der Waals surface area contributed by atoms with Crippen molar-refractivity contribution in [3.63, 3.8) is 0 Å². The molecule has 1 rings (SSSR count). The summed E-state index contributed by atoms with van der Waals surface area (Å²) in [7, 11) is 0. The highest BCUT2D eigenvalue weighted by atomic mass is 16.4. The smallest absolute Gasteiger partial charge is 0.326 e. The standard InChI is InChI=1S/C20H28N4O8/c1-12-5-7-13(8-6-12)22-19(31)21-11-3-2-4-14(17(27)28)23-20(32)24-15(18(29)30)9-10-16(25)26/h5-8,14-15H,2-4,9-11H2,1H3,(H,25,26)(H,27,28)(H,29,30)(H2,21,22,31)(H2,23,24,32)/t14-,15-/m0/s1. The van der Waals surface area contributed by atoms with Crippen molar-refractivity contribution in [1.29, 1.82) is 0 Å². The Morgan fingerprint density at radius 1 is 0.812 bits per heavy atom. The summed E-state index contributed by atoms with van der Waals surface area (Å²) in [4.78, 5) is 56.8. The Balaban J connectivity index is 2.36. The van der Waals surface area contributed by atoms with E-state index in [1.54, 1.807) is 12.1 Å². The fourth-order valence-electron chi connectivity index (χ4n) is 2.63. The summed E-state index contributed by atoms with van der Waals surface area (Å²) in [5.41, 5.74) is 1.70. The van der Waals surface area contributed by atoms with Gasteiger partial charge in [-0.15, -0.1) is 0 Å². The highest BCUT2D eigenvalue weighted by Gasteiger charge is 2.24. The van der Waals surface area contributed by atoms with Crippen LogP contribution in [0.1, 0.15) is 37.7 Å². The van der Waals surface area contributed by atoms with Gasteiger partial charge in [-0.3, -0.25) is 4.79 Å². The monoisotopic (exact) mass is 452 g/mol. The number of amides is 4. The summed E-state index contributed by atoms with van der Waals surface area (Å²) in [5.74, 6) is -3.95. The number of aliphatic carboxylic acids is 3. The van der Waals surface area contributed by atoms with E-state index in [1.807, 2.05) is 19.1 Å². The van der Waals surface area contributed by atoms with Gasteiger partial charge in [-0.1, -0.05) is 17.7 Å². The van der Waals surface area contributed by atoms with Crippen LogP contribution in [0, 0.1) is 6.92 Å². The number of benzene rings is 1. The van der Waals surface area contributed by atoms with Gasteiger partial charge in [-0.2, -0.15) is 0 Å². The van der Waals surface area contributed by atoms with Crippen LogP contribution >= 0.6 is 0 Å². The second-order valence-electron chi connectivity index (χ2n) is 7.07. The van der Waals surface area contributed by atoms with Crippen molar-refractivity contribution in [2.24, 2.45) is 0 Å². The lowest BCUT2D eigenvalue weighted by Gasteiger charge is -2.18. The zero-order valence-corrected chi connectivity index (χ0v) is 17.6. The average molecular weight is 452 g/mol. The first-order chi connectivity index (χ1) is 15.1. The fourth-order valence-corrected chi connectivity index (χ4v) is 2.63. The van der Waals surface area contributed by atoms with Gasteiger partial charge in [0.1, 0.15) is 12.1 Å². The van der Waals surface area contributed by atoms with Gasteiger partial charge in [0.15, 0.2) is 0 Å². The van der Waals surface area contributed by atoms with Gasteiger partial charge in [-0.25, -0.2) is 19.2 Å². The first kappa shape index (κ1) is 26.2. The summed E-state index contributed by atoms with van der Waals surface area (Å²) in [6.45, 7) is 2.21. The van der Waals surface area contributed by atoms with Crippen LogP contribution in [0.3, 0.4) is 0 Å². The van der Waals surface area contributed by atoms with Crippen LogP contribution < -0.4 is 21.3 Å². The van der Waals surface area contributed by atoms with Crippen molar-refractivity contribution in [1.82, 2.24) is 16.0 Å². The number of hydrogen-bond donors (Lipinski definition) is 7. The third-order valence-electron chi connectivity index (χ3n) is 4.37. The van der Waals surface area contributed by atoms with Crippen molar-refractivity contribution >= 4 is 35.7 Å². The first-order valence-corrected chi connectivity index (χ1v) is 9.94. The van der Waals surface area contributed by atoms with Crippen LogP contribution in [0.15, 0.2) is 24.3 Å². The van der Waals surface area contributed by atoms with Crippen LogP contribution in [0.4, 0.5) is 15.3 Å². The Morgan fingerprint density at radius 2 is 1.38 bits per heavy atom. The molecule has 1 aromatic carbocycles. The number of carbonyl (C=O) groups excluding carboxylic acids is 2. The number of carboxylic acid groups (broad SMARTS) is 3. The number of anilines is 1. The number of aryl methyl sites for hydroxylation is 1. The maximum atomic E-state index is 11.9. The zero-order chi connectivity index (χ0) is 24.1. The van der Waals surface area contributed by atoms with E-state index in [1.165, 1.54) is 0 Å². The first-order valence-electron chi connectivity index (χ1n) is 9.94. The van der Waals surface area contributed by atoms with Crippen molar-refractivity contribution in [2.75, 3.05) is 11.9 Å². The van der Waals surface area contributed by atoms with E-state index in [2.05, 4.69) is 21.3 Å². The minimum absolute atomic E-state index is 0.0525. The van der Waals surface area contributed by atoms with E-state index in [4.69, 9.17) is 10.2 Å². The topological polar surface area (TPSA) is 194 Å². The van der Waals surface area contributed by atoms with Gasteiger partial charge in [-0.05, 0) is 44.7 Å². The largest absolute Gasteiger partial charge is 0.481 e. The molecular weight excluding hydrogens is 424 g/mol. The normalized spacial score (nSPS) is 12.2. The van der Waals surface area contributed by atoms with E-state index in [9.17, 15) is 29.1 Å². The molecule has 32 heavy (non-hydrogen) atoms. The summed E-state index contributed by atoms with van der Waals surface area (Å²) < 4.78 is 0. The second-order valence-corrected chi connectivity index (χ2v) is 7.07. The molecule has 0 radical (unpaired) electrons. The Kier molecular flexibility index (Phi) is 11.0. The number of hydrogen-bond acceptors (Lipinski definition) is 5. The van der Waals surface area contributed by atoms with E-state index in [0.29, 0.717) is 18.5 Å². The summed E-state index contributed by atoms with van der Waals surface area (Å²) in [5, 5.41) is 36.4. The highest BCUT2D eigenvalue weighted by molar-refractivity contribution is 5.89. The molecule has 0 saturated carbocycles. The predicted molar refractivity (Wildman–Crippen MR) is 113 cm³/mol. The molecule has 12 nitrogen and oxygen atoms in total. The van der Waals surface area contributed by atoms with Crippen LogP contribution in [-0.4, -0.2) is 63.9 Å². The third kappa shape index (κ3) is 10.8. The maximum Gasteiger partial charge on any atom is 0.326 e. The molecule has 7 N–H and O–H groups in total. The number of unbranched alkanes of at least 4 members (excludes halogenated alkanes) is 1. The quantitative estimate of drug-likeness (QED) is 0.218. The average Bonchev–Trinajstić information content (AvgIpc) is 2.71. The van der Waals surface area contributed by atoms with E-state index in [0.717, 1.165) is 5.56 Å². The Labute approximate surface area is 184 Å². The SMILES string of the molecule is Cc1ccc(NC(=O)NCCCC[C@H](NC(=O)N[C@@H](CCC(=O)O)C(=O)O)C(=O)O)cc1. The van der Waals surface area contributed by atoms with Gasteiger partial charge in [0.2, 0.25) is 0 Å². The molecule has 0 bridgehead atoms. The van der Waals surface area contributed by atoms with E-state index >= 15 is 0 Å². The van der Waals surface area contributed by atoms with Crippen LogP contribution in [0.2, 0.25) is 0 Å². The van der Waals surface area contributed by atoms with Crippen molar-refractivity contribution in [3.8, 4) is 0 Å². The van der Waals surface area contributed by atoms with Gasteiger partial charge in [0, 0.05) is 18.7 Å². The molecule has 1 aromatic rings. The lowest BCUT2D eigenvalue weighted by atomic mass is 10.1. The molecular formula is C20H28N4O8. The van der Waals surface area contributed by atoms with Crippen LogP contribution in [-0.2, 0) is 14.4 Å². The number of rotatable bonds is 13.